The van der Waals surface area contributed by atoms with E-state index in [1.165, 1.54) is 18.3 Å². The van der Waals surface area contributed by atoms with Crippen LogP contribution in [0.4, 0.5) is 20.4 Å². The van der Waals surface area contributed by atoms with Crippen LogP contribution >= 0.6 is 0 Å². The number of anilines is 2. The van der Waals surface area contributed by atoms with E-state index in [4.69, 9.17) is 0 Å². The Hall–Kier alpha value is -3.42. The molecule has 0 atom stereocenters. The number of aromatic nitrogens is 3. The van der Waals surface area contributed by atoms with Gasteiger partial charge in [0.1, 0.15) is 5.69 Å². The number of hydrogen-bond acceptors (Lipinski definition) is 5. The Morgan fingerprint density at radius 2 is 1.80 bits per heavy atom. The van der Waals surface area contributed by atoms with Gasteiger partial charge in [0.05, 0.1) is 0 Å². The van der Waals surface area contributed by atoms with Crippen molar-refractivity contribution in [2.75, 3.05) is 5.32 Å². The van der Waals surface area contributed by atoms with Crippen LogP contribution in [0.1, 0.15) is 16.1 Å². The third-order valence-electron chi connectivity index (χ3n) is 3.27. The van der Waals surface area contributed by atoms with Gasteiger partial charge in [0.2, 0.25) is 5.95 Å². The van der Waals surface area contributed by atoms with Gasteiger partial charge < -0.3 is 10.6 Å². The summed E-state index contributed by atoms with van der Waals surface area (Å²) in [7, 11) is 0. The van der Waals surface area contributed by atoms with Crippen molar-refractivity contribution in [2.45, 2.75) is 6.54 Å². The minimum absolute atomic E-state index is 0.0996. The number of pyridine rings is 1. The molecule has 2 heterocycles. The molecule has 3 rings (SSSR count). The van der Waals surface area contributed by atoms with Crippen molar-refractivity contribution in [3.05, 3.63) is 77.9 Å². The molecule has 0 aliphatic carbocycles. The summed E-state index contributed by atoms with van der Waals surface area (Å²) in [6.07, 6.45) is 4.67. The number of nitrogens with zero attached hydrogens (tertiary/aromatic N) is 3. The normalized spacial score (nSPS) is 10.3. The molecule has 0 unspecified atom stereocenters. The van der Waals surface area contributed by atoms with Gasteiger partial charge in [-0.1, -0.05) is 0 Å². The van der Waals surface area contributed by atoms with Gasteiger partial charge in [-0.05, 0) is 35.9 Å². The number of carbonyl (C=O) groups is 1. The first-order chi connectivity index (χ1) is 12.1. The molecule has 0 fully saturated rings. The van der Waals surface area contributed by atoms with Crippen LogP contribution in [0.5, 0.6) is 0 Å². The average molecular weight is 341 g/mol. The molecular formula is C17H13F2N5O. The molecule has 25 heavy (non-hydrogen) atoms. The number of benzene rings is 1. The SMILES string of the molecule is O=C(NCc1ccncc1)c1ccnc(Nc2ccc(F)c(F)c2)n1. The lowest BCUT2D eigenvalue weighted by Crippen LogP contribution is -2.24. The van der Waals surface area contributed by atoms with E-state index in [0.29, 0.717) is 6.54 Å². The topological polar surface area (TPSA) is 79.8 Å². The summed E-state index contributed by atoms with van der Waals surface area (Å²) in [6.45, 7) is 0.331. The highest BCUT2D eigenvalue weighted by Crippen LogP contribution is 2.16. The second-order valence-electron chi connectivity index (χ2n) is 5.06. The van der Waals surface area contributed by atoms with Crippen LogP contribution in [0.3, 0.4) is 0 Å². The fourth-order valence-electron chi connectivity index (χ4n) is 2.02. The minimum Gasteiger partial charge on any atom is -0.347 e. The summed E-state index contributed by atoms with van der Waals surface area (Å²) in [5.41, 5.74) is 1.32. The highest BCUT2D eigenvalue weighted by Gasteiger charge is 2.09. The van der Waals surface area contributed by atoms with E-state index in [2.05, 4.69) is 25.6 Å². The van der Waals surface area contributed by atoms with Crippen molar-refractivity contribution in [3.63, 3.8) is 0 Å². The average Bonchev–Trinajstić information content (AvgIpc) is 2.64. The zero-order chi connectivity index (χ0) is 17.6. The zero-order valence-electron chi connectivity index (χ0n) is 12.9. The third-order valence-corrected chi connectivity index (χ3v) is 3.27. The molecule has 0 saturated carbocycles. The molecule has 1 amide bonds. The monoisotopic (exact) mass is 341 g/mol. The molecule has 0 aliphatic heterocycles. The first-order valence-electron chi connectivity index (χ1n) is 7.34. The highest BCUT2D eigenvalue weighted by molar-refractivity contribution is 5.92. The van der Waals surface area contributed by atoms with Crippen LogP contribution in [0.2, 0.25) is 0 Å². The van der Waals surface area contributed by atoms with Crippen molar-refractivity contribution < 1.29 is 13.6 Å². The van der Waals surface area contributed by atoms with Gasteiger partial charge in [-0.3, -0.25) is 9.78 Å². The first-order valence-corrected chi connectivity index (χ1v) is 7.34. The molecular weight excluding hydrogens is 328 g/mol. The van der Waals surface area contributed by atoms with E-state index in [9.17, 15) is 13.6 Å². The van der Waals surface area contributed by atoms with Crippen molar-refractivity contribution in [3.8, 4) is 0 Å². The smallest absolute Gasteiger partial charge is 0.270 e. The van der Waals surface area contributed by atoms with Gasteiger partial charge >= 0.3 is 0 Å². The summed E-state index contributed by atoms with van der Waals surface area (Å²) in [5, 5.41) is 5.45. The van der Waals surface area contributed by atoms with Crippen molar-refractivity contribution >= 4 is 17.5 Å². The number of carbonyl (C=O) groups excluding carboxylic acids is 1. The summed E-state index contributed by atoms with van der Waals surface area (Å²) in [4.78, 5) is 24.1. The van der Waals surface area contributed by atoms with E-state index in [1.807, 2.05) is 0 Å². The van der Waals surface area contributed by atoms with Gasteiger partial charge in [0, 0.05) is 36.9 Å². The van der Waals surface area contributed by atoms with E-state index in [1.54, 1.807) is 24.5 Å². The van der Waals surface area contributed by atoms with Gasteiger partial charge in [0.15, 0.2) is 11.6 Å². The molecule has 0 aliphatic rings. The Balaban J connectivity index is 1.68. The van der Waals surface area contributed by atoms with Gasteiger partial charge in [-0.2, -0.15) is 0 Å². The van der Waals surface area contributed by atoms with Crippen LogP contribution in [0.25, 0.3) is 0 Å². The Morgan fingerprint density at radius 3 is 2.56 bits per heavy atom. The maximum atomic E-state index is 13.2. The quantitative estimate of drug-likeness (QED) is 0.746. The molecule has 8 heteroatoms. The molecule has 0 saturated heterocycles. The summed E-state index contributed by atoms with van der Waals surface area (Å²) in [6, 6.07) is 8.35. The maximum Gasteiger partial charge on any atom is 0.270 e. The maximum absolute atomic E-state index is 13.2. The lowest BCUT2D eigenvalue weighted by Gasteiger charge is -2.08. The number of hydrogen-bond donors (Lipinski definition) is 2. The van der Waals surface area contributed by atoms with Gasteiger partial charge in [-0.25, -0.2) is 18.7 Å². The van der Waals surface area contributed by atoms with Gasteiger partial charge in [0.25, 0.3) is 5.91 Å². The van der Waals surface area contributed by atoms with Crippen LogP contribution < -0.4 is 10.6 Å². The summed E-state index contributed by atoms with van der Waals surface area (Å²) < 4.78 is 26.2. The molecule has 2 N–H and O–H groups in total. The molecule has 0 radical (unpaired) electrons. The van der Waals surface area contributed by atoms with Crippen molar-refractivity contribution in [1.82, 2.24) is 20.3 Å². The number of amides is 1. The van der Waals surface area contributed by atoms with Crippen LogP contribution in [-0.4, -0.2) is 20.9 Å². The molecule has 0 bridgehead atoms. The number of nitrogens with one attached hydrogen (secondary N) is 2. The standard InChI is InChI=1S/C17H13F2N5O/c18-13-2-1-12(9-14(13)19)23-17-21-8-5-15(24-17)16(25)22-10-11-3-6-20-7-4-11/h1-9H,10H2,(H,22,25)(H,21,23,24). The lowest BCUT2D eigenvalue weighted by molar-refractivity contribution is 0.0946. The predicted octanol–water partition coefficient (Wildman–Crippen LogP) is 2.82. The predicted molar refractivity (Wildman–Crippen MR) is 87.1 cm³/mol. The zero-order valence-corrected chi connectivity index (χ0v) is 12.9. The molecule has 2 aromatic heterocycles. The second-order valence-corrected chi connectivity index (χ2v) is 5.06. The molecule has 6 nitrogen and oxygen atoms in total. The lowest BCUT2D eigenvalue weighted by atomic mass is 10.2. The highest BCUT2D eigenvalue weighted by atomic mass is 19.2. The largest absolute Gasteiger partial charge is 0.347 e. The molecule has 3 aromatic rings. The Bertz CT molecular complexity index is 889. The fourth-order valence-corrected chi connectivity index (χ4v) is 2.02. The summed E-state index contributed by atoms with van der Waals surface area (Å²) in [5.74, 6) is -2.22. The first kappa shape index (κ1) is 16.4. The molecule has 126 valence electrons. The molecule has 0 spiro atoms. The second kappa shape index (κ2) is 7.43. The minimum atomic E-state index is -0.990. The summed E-state index contributed by atoms with van der Waals surface area (Å²) >= 11 is 0. The van der Waals surface area contributed by atoms with E-state index >= 15 is 0 Å². The van der Waals surface area contributed by atoms with Crippen molar-refractivity contribution in [2.24, 2.45) is 0 Å². The number of rotatable bonds is 5. The van der Waals surface area contributed by atoms with E-state index < -0.39 is 11.6 Å². The Kier molecular flexibility index (Phi) is 4.89. The van der Waals surface area contributed by atoms with E-state index in [-0.39, 0.29) is 23.2 Å². The third kappa shape index (κ3) is 4.31. The number of halogens is 2. The molecule has 1 aromatic carbocycles. The Labute approximate surface area is 142 Å². The Morgan fingerprint density at radius 1 is 1.00 bits per heavy atom. The van der Waals surface area contributed by atoms with Crippen LogP contribution in [0.15, 0.2) is 55.0 Å². The van der Waals surface area contributed by atoms with Crippen LogP contribution in [-0.2, 0) is 6.54 Å². The van der Waals surface area contributed by atoms with Gasteiger partial charge in [-0.15, -0.1) is 0 Å². The van der Waals surface area contributed by atoms with Crippen LogP contribution in [0, 0.1) is 11.6 Å². The van der Waals surface area contributed by atoms with E-state index in [0.717, 1.165) is 17.7 Å². The van der Waals surface area contributed by atoms with Crippen molar-refractivity contribution in [1.29, 1.82) is 0 Å². The fraction of sp³-hybridized carbons (Fsp3) is 0.0588.